The van der Waals surface area contributed by atoms with E-state index in [0.29, 0.717) is 5.69 Å². The van der Waals surface area contributed by atoms with Crippen LogP contribution in [0.25, 0.3) is 11.6 Å². The van der Waals surface area contributed by atoms with Crippen molar-refractivity contribution in [3.05, 3.63) is 34.5 Å². The number of aromatic nitrogens is 3. The number of thiazole rings is 1. The quantitative estimate of drug-likeness (QED) is 0.789. The van der Waals surface area contributed by atoms with Crippen LogP contribution in [0.2, 0.25) is 0 Å². The Morgan fingerprint density at radius 1 is 1.42 bits per heavy atom. The Bertz CT molecular complexity index is 701. The highest BCUT2D eigenvalue weighted by atomic mass is 32.1. The van der Waals surface area contributed by atoms with Crippen LogP contribution in [-0.2, 0) is 0 Å². The van der Waals surface area contributed by atoms with Crippen molar-refractivity contribution < 1.29 is 13.6 Å². The molecule has 1 N–H and O–H groups in total. The van der Waals surface area contributed by atoms with Gasteiger partial charge in [0, 0.05) is 5.38 Å². The molecular weight excluding hydrogens is 268 g/mol. The molecule has 0 aliphatic heterocycles. The number of hydrogen-bond acceptors (Lipinski definition) is 7. The highest BCUT2D eigenvalue weighted by Crippen LogP contribution is 2.21. The Hall–Kier alpha value is -2.48. The maximum Gasteiger partial charge on any atom is 0.322 e. The molecule has 7 nitrogen and oxygen atoms in total. The fourth-order valence-corrected chi connectivity index (χ4v) is 1.99. The van der Waals surface area contributed by atoms with Crippen molar-refractivity contribution in [3.8, 4) is 11.6 Å². The van der Waals surface area contributed by atoms with E-state index in [0.717, 1.165) is 5.01 Å². The van der Waals surface area contributed by atoms with Crippen molar-refractivity contribution in [2.75, 3.05) is 5.32 Å². The van der Waals surface area contributed by atoms with Crippen LogP contribution in [0, 0.1) is 6.92 Å². The predicted molar refractivity (Wildman–Crippen MR) is 66.8 cm³/mol. The van der Waals surface area contributed by atoms with Crippen LogP contribution >= 0.6 is 11.3 Å². The van der Waals surface area contributed by atoms with E-state index >= 15 is 0 Å². The standard InChI is InChI=1S/C11H8N4O3S/c1-6-12-7(5-19-6)10-14-15-11(18-10)13-9(16)8-3-2-4-17-8/h2-5H,1H3,(H,13,15,16). The summed E-state index contributed by atoms with van der Waals surface area (Å²) in [7, 11) is 0. The number of rotatable bonds is 3. The molecule has 19 heavy (non-hydrogen) atoms. The van der Waals surface area contributed by atoms with Gasteiger partial charge in [0.1, 0.15) is 5.69 Å². The van der Waals surface area contributed by atoms with Gasteiger partial charge in [-0.25, -0.2) is 4.98 Å². The minimum Gasteiger partial charge on any atom is -0.459 e. The summed E-state index contributed by atoms with van der Waals surface area (Å²) in [6, 6.07) is 3.16. The molecule has 0 spiro atoms. The molecule has 3 aromatic rings. The zero-order chi connectivity index (χ0) is 13.2. The van der Waals surface area contributed by atoms with Gasteiger partial charge < -0.3 is 8.83 Å². The number of amides is 1. The minimum absolute atomic E-state index is 0.00190. The molecule has 8 heteroatoms. The molecule has 0 aromatic carbocycles. The molecule has 0 saturated carbocycles. The molecule has 0 fully saturated rings. The summed E-state index contributed by atoms with van der Waals surface area (Å²) in [4.78, 5) is 15.9. The van der Waals surface area contributed by atoms with E-state index in [2.05, 4.69) is 20.5 Å². The fourth-order valence-electron chi connectivity index (χ4n) is 1.41. The monoisotopic (exact) mass is 276 g/mol. The second kappa shape index (κ2) is 4.65. The van der Waals surface area contributed by atoms with Crippen LogP contribution < -0.4 is 5.32 Å². The number of carbonyl (C=O) groups excluding carboxylic acids is 1. The van der Waals surface area contributed by atoms with Gasteiger partial charge in [-0.2, -0.15) is 0 Å². The molecule has 0 saturated heterocycles. The van der Waals surface area contributed by atoms with Crippen LogP contribution in [0.4, 0.5) is 6.01 Å². The summed E-state index contributed by atoms with van der Waals surface area (Å²) >= 11 is 1.48. The van der Waals surface area contributed by atoms with Gasteiger partial charge in [0.2, 0.25) is 0 Å². The van der Waals surface area contributed by atoms with Crippen molar-refractivity contribution in [2.24, 2.45) is 0 Å². The van der Waals surface area contributed by atoms with E-state index in [1.165, 1.54) is 23.7 Å². The SMILES string of the molecule is Cc1nc(-c2nnc(NC(=O)c3ccco3)o2)cs1. The molecule has 3 aromatic heterocycles. The first kappa shape index (κ1) is 11.6. The lowest BCUT2D eigenvalue weighted by Gasteiger charge is -1.95. The van der Waals surface area contributed by atoms with Crippen LogP contribution in [0.3, 0.4) is 0 Å². The number of anilines is 1. The highest BCUT2D eigenvalue weighted by Gasteiger charge is 2.15. The van der Waals surface area contributed by atoms with Crippen LogP contribution in [-0.4, -0.2) is 21.1 Å². The number of nitrogens with zero attached hydrogens (tertiary/aromatic N) is 3. The zero-order valence-electron chi connectivity index (χ0n) is 9.78. The zero-order valence-corrected chi connectivity index (χ0v) is 10.6. The predicted octanol–water partition coefficient (Wildman–Crippen LogP) is 2.35. The Morgan fingerprint density at radius 3 is 3.00 bits per heavy atom. The first-order valence-corrected chi connectivity index (χ1v) is 6.21. The van der Waals surface area contributed by atoms with Gasteiger partial charge >= 0.3 is 6.01 Å². The Kier molecular flexibility index (Phi) is 2.84. The lowest BCUT2D eigenvalue weighted by atomic mass is 10.4. The topological polar surface area (TPSA) is 94.1 Å². The molecule has 0 radical (unpaired) electrons. The van der Waals surface area contributed by atoms with Gasteiger partial charge in [-0.15, -0.1) is 16.4 Å². The molecule has 0 bridgehead atoms. The summed E-state index contributed by atoms with van der Waals surface area (Å²) in [5.74, 6) is -0.0157. The average Bonchev–Trinajstić information content (AvgIpc) is 3.07. The summed E-state index contributed by atoms with van der Waals surface area (Å²) in [6.45, 7) is 1.88. The second-order valence-corrected chi connectivity index (χ2v) is 4.66. The number of hydrogen-bond donors (Lipinski definition) is 1. The van der Waals surface area contributed by atoms with E-state index in [1.54, 1.807) is 11.4 Å². The summed E-state index contributed by atoms with van der Waals surface area (Å²) < 4.78 is 10.2. The average molecular weight is 276 g/mol. The van der Waals surface area contributed by atoms with Gasteiger partial charge in [0.25, 0.3) is 11.8 Å². The van der Waals surface area contributed by atoms with Gasteiger partial charge in [-0.3, -0.25) is 10.1 Å². The molecule has 3 heterocycles. The molecule has 0 atom stereocenters. The number of nitrogens with one attached hydrogen (secondary N) is 1. The van der Waals surface area contributed by atoms with E-state index in [4.69, 9.17) is 8.83 Å². The molecule has 0 aliphatic rings. The van der Waals surface area contributed by atoms with Gasteiger partial charge in [-0.05, 0) is 19.1 Å². The Morgan fingerprint density at radius 2 is 2.32 bits per heavy atom. The third-order valence-corrected chi connectivity index (χ3v) is 3.00. The van der Waals surface area contributed by atoms with Gasteiger partial charge in [0.05, 0.1) is 11.3 Å². The molecule has 1 amide bonds. The summed E-state index contributed by atoms with van der Waals surface area (Å²) in [6.07, 6.45) is 1.41. The van der Waals surface area contributed by atoms with Crippen molar-refractivity contribution in [1.29, 1.82) is 0 Å². The van der Waals surface area contributed by atoms with Crippen LogP contribution in [0.15, 0.2) is 32.6 Å². The van der Waals surface area contributed by atoms with E-state index in [-0.39, 0.29) is 17.7 Å². The first-order chi connectivity index (χ1) is 9.22. The maximum atomic E-state index is 11.7. The van der Waals surface area contributed by atoms with Crippen molar-refractivity contribution in [1.82, 2.24) is 15.2 Å². The lowest BCUT2D eigenvalue weighted by molar-refractivity contribution is 0.0994. The van der Waals surface area contributed by atoms with Crippen molar-refractivity contribution in [3.63, 3.8) is 0 Å². The molecule has 0 aliphatic carbocycles. The lowest BCUT2D eigenvalue weighted by Crippen LogP contribution is -2.10. The minimum atomic E-state index is -0.449. The molecule has 96 valence electrons. The number of furan rings is 1. The Balaban J connectivity index is 1.77. The van der Waals surface area contributed by atoms with Crippen LogP contribution in [0.1, 0.15) is 15.6 Å². The van der Waals surface area contributed by atoms with Gasteiger partial charge in [0.15, 0.2) is 5.76 Å². The summed E-state index contributed by atoms with van der Waals surface area (Å²) in [5.41, 5.74) is 0.591. The fraction of sp³-hybridized carbons (Fsp3) is 0.0909. The van der Waals surface area contributed by atoms with E-state index < -0.39 is 5.91 Å². The van der Waals surface area contributed by atoms with Crippen LogP contribution in [0.5, 0.6) is 0 Å². The third kappa shape index (κ3) is 2.38. The molecule has 3 rings (SSSR count). The molecular formula is C11H8N4O3S. The largest absolute Gasteiger partial charge is 0.459 e. The number of carbonyl (C=O) groups is 1. The normalized spacial score (nSPS) is 10.6. The van der Waals surface area contributed by atoms with Crippen molar-refractivity contribution in [2.45, 2.75) is 6.92 Å². The van der Waals surface area contributed by atoms with E-state index in [1.807, 2.05) is 6.92 Å². The summed E-state index contributed by atoms with van der Waals surface area (Å²) in [5, 5.41) is 12.7. The maximum absolute atomic E-state index is 11.7. The Labute approximate surface area is 111 Å². The third-order valence-electron chi connectivity index (χ3n) is 2.23. The van der Waals surface area contributed by atoms with E-state index in [9.17, 15) is 4.79 Å². The molecule has 0 unspecified atom stereocenters. The highest BCUT2D eigenvalue weighted by molar-refractivity contribution is 7.09. The van der Waals surface area contributed by atoms with Crippen molar-refractivity contribution >= 4 is 23.3 Å². The second-order valence-electron chi connectivity index (χ2n) is 3.60. The smallest absolute Gasteiger partial charge is 0.322 e. The first-order valence-electron chi connectivity index (χ1n) is 5.33. The van der Waals surface area contributed by atoms with Gasteiger partial charge in [-0.1, -0.05) is 5.10 Å². The number of aryl methyl sites for hydroxylation is 1.